The Hall–Kier alpha value is -1.84. The Bertz CT molecular complexity index is 610. The monoisotopic (exact) mass is 390 g/mol. The van der Waals surface area contributed by atoms with Gasteiger partial charge in [-0.05, 0) is 76.2 Å². The third-order valence-corrected chi connectivity index (χ3v) is 5.81. The molecule has 0 aliphatic heterocycles. The molecule has 0 spiro atoms. The molecule has 1 aliphatic rings. The standard InChI is InChI=1S/C24H38O4/c1-18(12-13-21-20(3)11-8-15-24(21,4)5)9-7-10-19(2)14-16-28-23(26)17-22(25)27-6/h9,14,21H,3,7-8,10-13,15-17H2,1-2,4-6H3/b18-9+,19-14+/t21-/m1/s1. The molecule has 1 rings (SSSR count). The molecule has 0 radical (unpaired) electrons. The van der Waals surface area contributed by atoms with Gasteiger partial charge in [0.1, 0.15) is 13.0 Å². The van der Waals surface area contributed by atoms with Crippen LogP contribution in [0, 0.1) is 11.3 Å². The molecule has 0 aromatic rings. The third kappa shape index (κ3) is 8.90. The Morgan fingerprint density at radius 2 is 1.82 bits per heavy atom. The summed E-state index contributed by atoms with van der Waals surface area (Å²) in [4.78, 5) is 22.4. The molecule has 158 valence electrons. The predicted molar refractivity (Wildman–Crippen MR) is 114 cm³/mol. The van der Waals surface area contributed by atoms with E-state index >= 15 is 0 Å². The zero-order valence-electron chi connectivity index (χ0n) is 18.4. The minimum atomic E-state index is -0.577. The van der Waals surface area contributed by atoms with E-state index in [0.717, 1.165) is 19.3 Å². The molecule has 0 bridgehead atoms. The maximum Gasteiger partial charge on any atom is 0.317 e. The lowest BCUT2D eigenvalue weighted by atomic mass is 9.65. The number of hydrogen-bond donors (Lipinski definition) is 0. The number of hydrogen-bond acceptors (Lipinski definition) is 4. The lowest BCUT2D eigenvalue weighted by Gasteiger charge is -2.40. The minimum Gasteiger partial charge on any atom is -0.469 e. The number of carbonyl (C=O) groups excluding carboxylic acids is 2. The number of allylic oxidation sites excluding steroid dienone is 4. The summed E-state index contributed by atoms with van der Waals surface area (Å²) in [6.45, 7) is 13.5. The van der Waals surface area contributed by atoms with Crippen molar-refractivity contribution < 1.29 is 19.1 Å². The van der Waals surface area contributed by atoms with Crippen LogP contribution in [0.4, 0.5) is 0 Å². The van der Waals surface area contributed by atoms with E-state index in [1.807, 2.05) is 13.0 Å². The minimum absolute atomic E-state index is 0.198. The summed E-state index contributed by atoms with van der Waals surface area (Å²) in [5.41, 5.74) is 4.42. The number of methoxy groups -OCH3 is 1. The van der Waals surface area contributed by atoms with E-state index < -0.39 is 11.9 Å². The molecule has 4 nitrogen and oxygen atoms in total. The Morgan fingerprint density at radius 3 is 2.46 bits per heavy atom. The molecule has 0 unspecified atom stereocenters. The van der Waals surface area contributed by atoms with Crippen molar-refractivity contribution in [2.45, 2.75) is 79.1 Å². The van der Waals surface area contributed by atoms with Crippen LogP contribution in [0.1, 0.15) is 79.1 Å². The van der Waals surface area contributed by atoms with Gasteiger partial charge in [0.15, 0.2) is 0 Å². The second kappa shape index (κ2) is 11.9. The van der Waals surface area contributed by atoms with Crippen molar-refractivity contribution in [3.63, 3.8) is 0 Å². The van der Waals surface area contributed by atoms with E-state index in [4.69, 9.17) is 4.74 Å². The SMILES string of the molecule is C=C1CCCC(C)(C)[C@@H]1CC/C(C)=C/CC/C(C)=C/COC(=O)CC(=O)OC. The first-order chi connectivity index (χ1) is 13.2. The fourth-order valence-corrected chi connectivity index (χ4v) is 3.91. The van der Waals surface area contributed by atoms with Crippen LogP contribution in [0.2, 0.25) is 0 Å². The molecule has 4 heteroatoms. The van der Waals surface area contributed by atoms with E-state index in [9.17, 15) is 9.59 Å². The first kappa shape index (κ1) is 24.2. The van der Waals surface area contributed by atoms with Gasteiger partial charge in [-0.1, -0.05) is 43.2 Å². The van der Waals surface area contributed by atoms with E-state index in [-0.39, 0.29) is 13.0 Å². The lowest BCUT2D eigenvalue weighted by molar-refractivity contribution is -0.152. The van der Waals surface area contributed by atoms with Gasteiger partial charge in [-0.3, -0.25) is 9.59 Å². The fraction of sp³-hybridized carbons (Fsp3) is 0.667. The van der Waals surface area contributed by atoms with Gasteiger partial charge >= 0.3 is 11.9 Å². The highest BCUT2D eigenvalue weighted by atomic mass is 16.5. The molecular formula is C24H38O4. The average Bonchev–Trinajstić information content (AvgIpc) is 2.60. The second-order valence-corrected chi connectivity index (χ2v) is 8.67. The van der Waals surface area contributed by atoms with E-state index in [2.05, 4.69) is 38.2 Å². The number of carbonyl (C=O) groups is 2. The summed E-state index contributed by atoms with van der Waals surface area (Å²) >= 11 is 0. The van der Waals surface area contributed by atoms with Gasteiger partial charge in [-0.15, -0.1) is 0 Å². The molecule has 28 heavy (non-hydrogen) atoms. The van der Waals surface area contributed by atoms with Crippen molar-refractivity contribution in [2.24, 2.45) is 11.3 Å². The smallest absolute Gasteiger partial charge is 0.317 e. The molecular weight excluding hydrogens is 352 g/mol. The molecule has 1 aliphatic carbocycles. The highest BCUT2D eigenvalue weighted by Gasteiger charge is 2.33. The zero-order valence-corrected chi connectivity index (χ0v) is 18.4. The summed E-state index contributed by atoms with van der Waals surface area (Å²) in [5, 5.41) is 0. The number of rotatable bonds is 10. The number of ether oxygens (including phenoxy) is 2. The first-order valence-corrected chi connectivity index (χ1v) is 10.4. The van der Waals surface area contributed by atoms with Gasteiger partial charge < -0.3 is 9.47 Å². The molecule has 1 atom stereocenters. The van der Waals surface area contributed by atoms with Crippen LogP contribution in [0.5, 0.6) is 0 Å². The Morgan fingerprint density at radius 1 is 1.14 bits per heavy atom. The van der Waals surface area contributed by atoms with Crippen LogP contribution in [-0.4, -0.2) is 25.7 Å². The van der Waals surface area contributed by atoms with E-state index in [1.54, 1.807) is 0 Å². The molecule has 1 saturated carbocycles. The molecule has 0 amide bonds. The first-order valence-electron chi connectivity index (χ1n) is 10.4. The van der Waals surface area contributed by atoms with Crippen molar-refractivity contribution in [3.05, 3.63) is 35.5 Å². The van der Waals surface area contributed by atoms with Crippen LogP contribution >= 0.6 is 0 Å². The van der Waals surface area contributed by atoms with E-state index in [1.165, 1.54) is 49.5 Å². The summed E-state index contributed by atoms with van der Waals surface area (Å²) in [6.07, 6.45) is 11.9. The van der Waals surface area contributed by atoms with Gasteiger partial charge in [0.2, 0.25) is 0 Å². The van der Waals surface area contributed by atoms with Crippen LogP contribution in [0.25, 0.3) is 0 Å². The topological polar surface area (TPSA) is 52.6 Å². The van der Waals surface area contributed by atoms with Gasteiger partial charge in [-0.25, -0.2) is 0 Å². The lowest BCUT2D eigenvalue weighted by Crippen LogP contribution is -2.29. The summed E-state index contributed by atoms with van der Waals surface area (Å²) in [6, 6.07) is 0. The molecule has 1 fully saturated rings. The van der Waals surface area contributed by atoms with Crippen LogP contribution in [0.3, 0.4) is 0 Å². The van der Waals surface area contributed by atoms with Gasteiger partial charge in [0, 0.05) is 0 Å². The van der Waals surface area contributed by atoms with Gasteiger partial charge in [-0.2, -0.15) is 0 Å². The third-order valence-electron chi connectivity index (χ3n) is 5.81. The van der Waals surface area contributed by atoms with E-state index in [0.29, 0.717) is 11.3 Å². The molecule has 0 aromatic carbocycles. The normalized spacial score (nSPS) is 20.0. The van der Waals surface area contributed by atoms with Crippen molar-refractivity contribution in [2.75, 3.05) is 13.7 Å². The van der Waals surface area contributed by atoms with Gasteiger partial charge in [0.05, 0.1) is 7.11 Å². The van der Waals surface area contributed by atoms with Crippen molar-refractivity contribution >= 4 is 11.9 Å². The maximum absolute atomic E-state index is 11.4. The molecule has 0 heterocycles. The predicted octanol–water partition coefficient (Wildman–Crippen LogP) is 5.93. The summed E-state index contributed by atoms with van der Waals surface area (Å²) in [7, 11) is 1.25. The van der Waals surface area contributed by atoms with Crippen LogP contribution in [-0.2, 0) is 19.1 Å². The Balaban J connectivity index is 2.32. The van der Waals surface area contributed by atoms with Crippen LogP contribution < -0.4 is 0 Å². The van der Waals surface area contributed by atoms with Crippen molar-refractivity contribution in [3.8, 4) is 0 Å². The Labute approximate surface area is 171 Å². The second-order valence-electron chi connectivity index (χ2n) is 8.67. The van der Waals surface area contributed by atoms with Crippen LogP contribution in [0.15, 0.2) is 35.5 Å². The van der Waals surface area contributed by atoms with Crippen molar-refractivity contribution in [1.82, 2.24) is 0 Å². The molecule has 0 N–H and O–H groups in total. The highest BCUT2D eigenvalue weighted by Crippen LogP contribution is 2.45. The summed E-state index contributed by atoms with van der Waals surface area (Å²) < 4.78 is 9.44. The average molecular weight is 391 g/mol. The largest absolute Gasteiger partial charge is 0.469 e. The quantitative estimate of drug-likeness (QED) is 0.264. The number of esters is 2. The fourth-order valence-electron chi connectivity index (χ4n) is 3.91. The molecule has 0 saturated heterocycles. The maximum atomic E-state index is 11.4. The van der Waals surface area contributed by atoms with Gasteiger partial charge in [0.25, 0.3) is 0 Å². The zero-order chi connectivity index (χ0) is 21.2. The summed E-state index contributed by atoms with van der Waals surface area (Å²) in [5.74, 6) is -0.503. The van der Waals surface area contributed by atoms with Crippen molar-refractivity contribution in [1.29, 1.82) is 0 Å². The Kier molecular flexibility index (Phi) is 10.3. The molecule has 0 aromatic heterocycles. The highest BCUT2D eigenvalue weighted by molar-refractivity contribution is 5.91.